The number of rotatable bonds is 5. The molecule has 0 unspecified atom stereocenters. The molecule has 0 saturated heterocycles. The molecule has 0 atom stereocenters. The summed E-state index contributed by atoms with van der Waals surface area (Å²) in [5.74, 6) is 1.78. The SMILES string of the molecule is CC(C)CC1(CNc2ncnc3ccsc23)CCCC1. The van der Waals surface area contributed by atoms with Crippen molar-refractivity contribution in [2.24, 2.45) is 11.3 Å². The van der Waals surface area contributed by atoms with E-state index >= 15 is 0 Å². The summed E-state index contributed by atoms with van der Waals surface area (Å²) in [5.41, 5.74) is 1.53. The maximum Gasteiger partial charge on any atom is 0.147 e. The van der Waals surface area contributed by atoms with E-state index in [1.807, 2.05) is 0 Å². The van der Waals surface area contributed by atoms with Crippen LogP contribution in [0.5, 0.6) is 0 Å². The molecule has 1 fully saturated rings. The van der Waals surface area contributed by atoms with E-state index in [0.29, 0.717) is 5.41 Å². The second kappa shape index (κ2) is 5.68. The molecule has 0 aromatic carbocycles. The van der Waals surface area contributed by atoms with Crippen LogP contribution in [0.2, 0.25) is 0 Å². The number of nitrogens with one attached hydrogen (secondary N) is 1. The van der Waals surface area contributed by atoms with Crippen LogP contribution in [0.15, 0.2) is 17.8 Å². The molecule has 0 radical (unpaired) electrons. The summed E-state index contributed by atoms with van der Waals surface area (Å²) in [6.45, 7) is 5.72. The molecule has 4 heteroatoms. The molecule has 1 N–H and O–H groups in total. The third-order valence-electron chi connectivity index (χ3n) is 4.38. The Morgan fingerprint density at radius 2 is 2.10 bits per heavy atom. The predicted octanol–water partition coefficient (Wildman–Crippen LogP) is 4.71. The fourth-order valence-corrected chi connectivity index (χ4v) is 4.44. The van der Waals surface area contributed by atoms with E-state index in [4.69, 9.17) is 0 Å². The van der Waals surface area contributed by atoms with Crippen molar-refractivity contribution in [2.75, 3.05) is 11.9 Å². The van der Waals surface area contributed by atoms with Gasteiger partial charge in [-0.2, -0.15) is 0 Å². The van der Waals surface area contributed by atoms with Crippen molar-refractivity contribution in [3.63, 3.8) is 0 Å². The van der Waals surface area contributed by atoms with Gasteiger partial charge in [-0.1, -0.05) is 26.7 Å². The highest BCUT2D eigenvalue weighted by molar-refractivity contribution is 7.17. The molecular formula is C16H23N3S. The number of aromatic nitrogens is 2. The molecule has 2 heterocycles. The molecular weight excluding hydrogens is 266 g/mol. The van der Waals surface area contributed by atoms with E-state index in [1.165, 1.54) is 36.8 Å². The fraction of sp³-hybridized carbons (Fsp3) is 0.625. The number of hydrogen-bond acceptors (Lipinski definition) is 4. The summed E-state index contributed by atoms with van der Waals surface area (Å²) in [5, 5.41) is 5.71. The Hall–Kier alpha value is -1.16. The van der Waals surface area contributed by atoms with Crippen molar-refractivity contribution in [2.45, 2.75) is 46.0 Å². The predicted molar refractivity (Wildman–Crippen MR) is 86.3 cm³/mol. The van der Waals surface area contributed by atoms with Crippen LogP contribution >= 0.6 is 11.3 Å². The van der Waals surface area contributed by atoms with Gasteiger partial charge in [0.15, 0.2) is 0 Å². The van der Waals surface area contributed by atoms with E-state index < -0.39 is 0 Å². The highest BCUT2D eigenvalue weighted by atomic mass is 32.1. The molecule has 0 spiro atoms. The second-order valence-corrected chi connectivity index (χ2v) is 7.43. The zero-order valence-corrected chi connectivity index (χ0v) is 13.2. The van der Waals surface area contributed by atoms with Gasteiger partial charge in [0.25, 0.3) is 0 Å². The van der Waals surface area contributed by atoms with Crippen molar-refractivity contribution in [1.29, 1.82) is 0 Å². The average molecular weight is 289 g/mol. The smallest absolute Gasteiger partial charge is 0.147 e. The van der Waals surface area contributed by atoms with E-state index in [2.05, 4.69) is 40.6 Å². The van der Waals surface area contributed by atoms with E-state index in [9.17, 15) is 0 Å². The minimum atomic E-state index is 0.475. The highest BCUT2D eigenvalue weighted by Gasteiger charge is 2.34. The summed E-state index contributed by atoms with van der Waals surface area (Å²) in [4.78, 5) is 8.75. The van der Waals surface area contributed by atoms with Crippen LogP contribution in [0.1, 0.15) is 46.0 Å². The maximum atomic E-state index is 4.44. The van der Waals surface area contributed by atoms with Gasteiger partial charge in [-0.15, -0.1) is 11.3 Å². The van der Waals surface area contributed by atoms with Crippen LogP contribution in [0.25, 0.3) is 10.2 Å². The Morgan fingerprint density at radius 1 is 1.30 bits per heavy atom. The van der Waals surface area contributed by atoms with E-state index in [-0.39, 0.29) is 0 Å². The average Bonchev–Trinajstić information content (AvgIpc) is 3.05. The standard InChI is InChI=1S/C16H23N3S/c1-12(2)9-16(6-3-4-7-16)10-17-15-14-13(5-8-20-14)18-11-19-15/h5,8,11-12H,3-4,6-7,9-10H2,1-2H3,(H,17,18,19). The third-order valence-corrected chi connectivity index (χ3v) is 5.29. The summed E-state index contributed by atoms with van der Waals surface area (Å²) in [6, 6.07) is 2.06. The van der Waals surface area contributed by atoms with Gasteiger partial charge in [-0.05, 0) is 42.0 Å². The van der Waals surface area contributed by atoms with Crippen LogP contribution < -0.4 is 5.32 Å². The molecule has 1 aliphatic carbocycles. The van der Waals surface area contributed by atoms with Crippen molar-refractivity contribution in [3.05, 3.63) is 17.8 Å². The molecule has 0 amide bonds. The van der Waals surface area contributed by atoms with Gasteiger partial charge >= 0.3 is 0 Å². The lowest BCUT2D eigenvalue weighted by Gasteiger charge is -2.31. The summed E-state index contributed by atoms with van der Waals surface area (Å²) < 4.78 is 1.19. The lowest BCUT2D eigenvalue weighted by Crippen LogP contribution is -2.28. The highest BCUT2D eigenvalue weighted by Crippen LogP contribution is 2.43. The van der Waals surface area contributed by atoms with Gasteiger partial charge < -0.3 is 5.32 Å². The van der Waals surface area contributed by atoms with Gasteiger partial charge in [0.05, 0.1) is 10.2 Å². The Bertz CT molecular complexity index is 570. The van der Waals surface area contributed by atoms with E-state index in [0.717, 1.165) is 23.8 Å². The third kappa shape index (κ3) is 2.80. The topological polar surface area (TPSA) is 37.8 Å². The molecule has 2 aromatic rings. The zero-order chi connectivity index (χ0) is 14.0. The Balaban J connectivity index is 1.75. The van der Waals surface area contributed by atoms with Gasteiger partial charge in [0, 0.05) is 6.54 Å². The number of thiophene rings is 1. The van der Waals surface area contributed by atoms with Crippen molar-refractivity contribution < 1.29 is 0 Å². The summed E-state index contributed by atoms with van der Waals surface area (Å²) >= 11 is 1.72. The monoisotopic (exact) mass is 289 g/mol. The largest absolute Gasteiger partial charge is 0.368 e. The summed E-state index contributed by atoms with van der Waals surface area (Å²) in [6.07, 6.45) is 8.46. The Kier molecular flexibility index (Phi) is 3.92. The number of fused-ring (bicyclic) bond motifs is 1. The quantitative estimate of drug-likeness (QED) is 0.866. The van der Waals surface area contributed by atoms with Crippen LogP contribution in [0.4, 0.5) is 5.82 Å². The first-order chi connectivity index (χ1) is 9.69. The first-order valence-electron chi connectivity index (χ1n) is 7.61. The van der Waals surface area contributed by atoms with Gasteiger partial charge in [-0.3, -0.25) is 0 Å². The van der Waals surface area contributed by atoms with Gasteiger partial charge in [0.2, 0.25) is 0 Å². The van der Waals surface area contributed by atoms with Crippen LogP contribution in [-0.2, 0) is 0 Å². The molecule has 0 bridgehead atoms. The van der Waals surface area contributed by atoms with Crippen LogP contribution in [0, 0.1) is 11.3 Å². The number of hydrogen-bond donors (Lipinski definition) is 1. The lowest BCUT2D eigenvalue weighted by atomic mass is 9.78. The Labute approximate surface area is 124 Å². The van der Waals surface area contributed by atoms with Gasteiger partial charge in [0.1, 0.15) is 12.1 Å². The molecule has 108 valence electrons. The molecule has 2 aromatic heterocycles. The molecule has 3 rings (SSSR count). The molecule has 20 heavy (non-hydrogen) atoms. The van der Waals surface area contributed by atoms with Crippen molar-refractivity contribution in [3.8, 4) is 0 Å². The molecule has 0 aliphatic heterocycles. The second-order valence-electron chi connectivity index (χ2n) is 6.52. The molecule has 1 aliphatic rings. The molecule has 1 saturated carbocycles. The van der Waals surface area contributed by atoms with Crippen LogP contribution in [0.3, 0.4) is 0 Å². The molecule has 3 nitrogen and oxygen atoms in total. The van der Waals surface area contributed by atoms with Crippen LogP contribution in [-0.4, -0.2) is 16.5 Å². The Morgan fingerprint density at radius 3 is 2.85 bits per heavy atom. The maximum absolute atomic E-state index is 4.44. The first-order valence-corrected chi connectivity index (χ1v) is 8.49. The van der Waals surface area contributed by atoms with Gasteiger partial charge in [-0.25, -0.2) is 9.97 Å². The number of anilines is 1. The summed E-state index contributed by atoms with van der Waals surface area (Å²) in [7, 11) is 0. The fourth-order valence-electron chi connectivity index (χ4n) is 3.63. The van der Waals surface area contributed by atoms with E-state index in [1.54, 1.807) is 17.7 Å². The lowest BCUT2D eigenvalue weighted by molar-refractivity contribution is 0.252. The normalized spacial score (nSPS) is 17.9. The van der Waals surface area contributed by atoms with Crippen molar-refractivity contribution >= 4 is 27.4 Å². The number of nitrogens with zero attached hydrogens (tertiary/aromatic N) is 2. The zero-order valence-electron chi connectivity index (χ0n) is 12.4. The van der Waals surface area contributed by atoms with Crippen molar-refractivity contribution in [1.82, 2.24) is 9.97 Å². The minimum absolute atomic E-state index is 0.475. The first kappa shape index (κ1) is 13.8. The minimum Gasteiger partial charge on any atom is -0.368 e.